The van der Waals surface area contributed by atoms with Crippen molar-refractivity contribution in [3.05, 3.63) is 108 Å². The summed E-state index contributed by atoms with van der Waals surface area (Å²) in [4.78, 5) is 31.8. The molecule has 2 saturated heterocycles. The molecule has 0 saturated carbocycles. The minimum Gasteiger partial charge on any atom is -0.380 e. The summed E-state index contributed by atoms with van der Waals surface area (Å²) in [6.07, 6.45) is 2.07. The SMILES string of the molecule is Cc1cc(C(=O)N2CC3(COC3)C2)ccc1Nc1nc2ccc(-c3ccc(NC(=O)Cc4ccc(F)cc4)cc3)cn2n1. The molecule has 4 heterocycles. The number of anilines is 3. The number of carbonyl (C=O) groups excluding carboxylic acids is 2. The molecule has 10 heteroatoms. The third kappa shape index (κ3) is 5.44. The molecular formula is C33H29FN6O3. The lowest BCUT2D eigenvalue weighted by atomic mass is 9.78. The van der Waals surface area contributed by atoms with Crippen molar-refractivity contribution in [2.75, 3.05) is 36.9 Å². The number of amides is 2. The Morgan fingerprint density at radius 2 is 1.70 bits per heavy atom. The van der Waals surface area contributed by atoms with Crippen LogP contribution in [0.2, 0.25) is 0 Å². The first-order valence-electron chi connectivity index (χ1n) is 14.1. The van der Waals surface area contributed by atoms with Crippen LogP contribution in [0.4, 0.5) is 21.7 Å². The number of pyridine rings is 1. The lowest BCUT2D eigenvalue weighted by molar-refractivity contribution is -0.176. The fraction of sp³-hybridized carbons (Fsp3) is 0.212. The molecule has 2 amide bonds. The van der Waals surface area contributed by atoms with E-state index in [9.17, 15) is 14.0 Å². The molecule has 2 aliphatic heterocycles. The Balaban J connectivity index is 0.995. The number of carbonyl (C=O) groups is 2. The summed E-state index contributed by atoms with van der Waals surface area (Å²) < 4.78 is 20.1. The second-order valence-corrected chi connectivity index (χ2v) is 11.4. The lowest BCUT2D eigenvalue weighted by Crippen LogP contribution is -2.67. The Hall–Kier alpha value is -5.09. The summed E-state index contributed by atoms with van der Waals surface area (Å²) >= 11 is 0. The first kappa shape index (κ1) is 26.8. The van der Waals surface area contributed by atoms with E-state index in [1.807, 2.05) is 72.6 Å². The summed E-state index contributed by atoms with van der Waals surface area (Å²) in [5.74, 6) is -0.00126. The van der Waals surface area contributed by atoms with Crippen LogP contribution in [-0.4, -0.2) is 57.6 Å². The van der Waals surface area contributed by atoms with Gasteiger partial charge in [-0.15, -0.1) is 5.10 Å². The zero-order valence-electron chi connectivity index (χ0n) is 23.5. The number of halogens is 1. The molecule has 5 aromatic rings. The van der Waals surface area contributed by atoms with Gasteiger partial charge in [-0.3, -0.25) is 9.59 Å². The number of aromatic nitrogens is 3. The Labute approximate surface area is 247 Å². The van der Waals surface area contributed by atoms with E-state index in [0.717, 1.165) is 54.2 Å². The minimum absolute atomic E-state index is 0.0472. The molecule has 2 aliphatic rings. The van der Waals surface area contributed by atoms with Gasteiger partial charge in [0.15, 0.2) is 5.65 Å². The van der Waals surface area contributed by atoms with Crippen molar-refractivity contribution in [3.8, 4) is 11.1 Å². The summed E-state index contributed by atoms with van der Waals surface area (Å²) in [5.41, 5.74) is 6.62. The molecule has 0 radical (unpaired) electrons. The van der Waals surface area contributed by atoms with Crippen LogP contribution in [0.15, 0.2) is 85.1 Å². The molecular weight excluding hydrogens is 547 g/mol. The Morgan fingerprint density at radius 3 is 2.40 bits per heavy atom. The Bertz CT molecular complexity index is 1840. The van der Waals surface area contributed by atoms with E-state index in [2.05, 4.69) is 20.7 Å². The predicted molar refractivity (Wildman–Crippen MR) is 161 cm³/mol. The maximum atomic E-state index is 13.1. The standard InChI is InChI=1S/C33H29FN6O3/c1-21-14-24(31(42)39-17-33(18-39)19-43-20-33)6-12-28(21)36-32-37-29-13-7-25(16-40(29)38-32)23-4-10-27(11-5-23)35-30(41)15-22-2-8-26(34)9-3-22/h2-14,16H,15,17-20H2,1H3,(H,35,41)(H,36,38). The van der Waals surface area contributed by atoms with E-state index in [4.69, 9.17) is 4.74 Å². The smallest absolute Gasteiger partial charge is 0.253 e. The first-order chi connectivity index (χ1) is 20.8. The molecule has 2 N–H and O–H groups in total. The first-order valence-corrected chi connectivity index (χ1v) is 14.1. The van der Waals surface area contributed by atoms with Crippen LogP contribution in [0, 0.1) is 18.2 Å². The predicted octanol–water partition coefficient (Wildman–Crippen LogP) is 5.24. The summed E-state index contributed by atoms with van der Waals surface area (Å²) in [6.45, 7) is 4.98. The van der Waals surface area contributed by atoms with Gasteiger partial charge in [0.05, 0.1) is 25.0 Å². The second kappa shape index (κ2) is 10.6. The van der Waals surface area contributed by atoms with E-state index in [1.165, 1.54) is 12.1 Å². The van der Waals surface area contributed by atoms with E-state index in [-0.39, 0.29) is 29.5 Å². The maximum Gasteiger partial charge on any atom is 0.253 e. The highest BCUT2D eigenvalue weighted by molar-refractivity contribution is 5.95. The average molecular weight is 577 g/mol. The van der Waals surface area contributed by atoms with Crippen LogP contribution in [0.5, 0.6) is 0 Å². The number of rotatable bonds is 7. The lowest BCUT2D eigenvalue weighted by Gasteiger charge is -2.54. The van der Waals surface area contributed by atoms with Gasteiger partial charge in [-0.25, -0.2) is 8.91 Å². The normalized spacial score (nSPS) is 15.2. The molecule has 2 fully saturated rings. The number of ether oxygens (including phenoxy) is 1. The van der Waals surface area contributed by atoms with E-state index in [1.54, 1.807) is 16.6 Å². The molecule has 9 nitrogen and oxygen atoms in total. The van der Waals surface area contributed by atoms with E-state index >= 15 is 0 Å². The van der Waals surface area contributed by atoms with Gasteiger partial charge in [0, 0.05) is 41.8 Å². The van der Waals surface area contributed by atoms with Gasteiger partial charge >= 0.3 is 0 Å². The van der Waals surface area contributed by atoms with Crippen LogP contribution in [0.1, 0.15) is 21.5 Å². The molecule has 0 bridgehead atoms. The van der Waals surface area contributed by atoms with Crippen LogP contribution in [-0.2, 0) is 16.0 Å². The second-order valence-electron chi connectivity index (χ2n) is 11.4. The number of fused-ring (bicyclic) bond motifs is 1. The van der Waals surface area contributed by atoms with Crippen molar-refractivity contribution in [3.63, 3.8) is 0 Å². The molecule has 2 aromatic heterocycles. The molecule has 0 atom stereocenters. The maximum absolute atomic E-state index is 13.1. The topological polar surface area (TPSA) is 101 Å². The zero-order chi connectivity index (χ0) is 29.6. The van der Waals surface area contributed by atoms with Gasteiger partial charge in [0.1, 0.15) is 5.82 Å². The summed E-state index contributed by atoms with van der Waals surface area (Å²) in [7, 11) is 0. The fourth-order valence-corrected chi connectivity index (χ4v) is 5.57. The van der Waals surface area contributed by atoms with E-state index in [0.29, 0.717) is 22.8 Å². The monoisotopic (exact) mass is 576 g/mol. The van der Waals surface area contributed by atoms with Crippen LogP contribution in [0.3, 0.4) is 0 Å². The highest BCUT2D eigenvalue weighted by Gasteiger charge is 2.50. The van der Waals surface area contributed by atoms with Gasteiger partial charge in [0.25, 0.3) is 5.91 Å². The highest BCUT2D eigenvalue weighted by Crippen LogP contribution is 2.38. The molecule has 0 aliphatic carbocycles. The largest absolute Gasteiger partial charge is 0.380 e. The number of benzene rings is 3. The minimum atomic E-state index is -0.328. The van der Waals surface area contributed by atoms with Crippen molar-refractivity contribution in [1.29, 1.82) is 0 Å². The van der Waals surface area contributed by atoms with Gasteiger partial charge in [-0.1, -0.05) is 24.3 Å². The third-order valence-corrected chi connectivity index (χ3v) is 7.99. The summed E-state index contributed by atoms with van der Waals surface area (Å²) in [6, 6.07) is 22.9. The number of likely N-dealkylation sites (tertiary alicyclic amines) is 1. The highest BCUT2D eigenvalue weighted by atomic mass is 19.1. The van der Waals surface area contributed by atoms with Gasteiger partial charge < -0.3 is 20.3 Å². The Kier molecular flexibility index (Phi) is 6.62. The molecule has 216 valence electrons. The number of hydrogen-bond acceptors (Lipinski definition) is 6. The molecule has 1 spiro atoms. The number of aryl methyl sites for hydroxylation is 1. The van der Waals surface area contributed by atoms with Crippen molar-refractivity contribution < 1.29 is 18.7 Å². The van der Waals surface area contributed by atoms with Gasteiger partial charge in [-0.05, 0) is 78.2 Å². The zero-order valence-corrected chi connectivity index (χ0v) is 23.5. The van der Waals surface area contributed by atoms with Crippen LogP contribution in [0.25, 0.3) is 16.8 Å². The average Bonchev–Trinajstić information content (AvgIpc) is 3.36. The number of nitrogens with zero attached hydrogens (tertiary/aromatic N) is 4. The van der Waals surface area contributed by atoms with E-state index < -0.39 is 0 Å². The molecule has 3 aromatic carbocycles. The molecule has 0 unspecified atom stereocenters. The van der Waals surface area contributed by atoms with Crippen molar-refractivity contribution >= 4 is 34.8 Å². The number of hydrogen-bond donors (Lipinski definition) is 2. The Morgan fingerprint density at radius 1 is 0.953 bits per heavy atom. The van der Waals surface area contributed by atoms with Crippen molar-refractivity contribution in [2.24, 2.45) is 5.41 Å². The summed E-state index contributed by atoms with van der Waals surface area (Å²) in [5, 5.41) is 10.8. The molecule has 7 rings (SSSR count). The van der Waals surface area contributed by atoms with Gasteiger partial charge in [0.2, 0.25) is 11.9 Å². The third-order valence-electron chi connectivity index (χ3n) is 7.99. The van der Waals surface area contributed by atoms with Crippen LogP contribution < -0.4 is 10.6 Å². The van der Waals surface area contributed by atoms with Gasteiger partial charge in [-0.2, -0.15) is 4.98 Å². The van der Waals surface area contributed by atoms with Crippen molar-refractivity contribution in [2.45, 2.75) is 13.3 Å². The number of nitrogens with one attached hydrogen (secondary N) is 2. The van der Waals surface area contributed by atoms with Crippen LogP contribution >= 0.6 is 0 Å². The molecule has 43 heavy (non-hydrogen) atoms. The quantitative estimate of drug-likeness (QED) is 0.275. The van der Waals surface area contributed by atoms with Crippen molar-refractivity contribution in [1.82, 2.24) is 19.5 Å². The fourth-order valence-electron chi connectivity index (χ4n) is 5.57.